The molecule has 1 heterocycles. The second-order valence-corrected chi connectivity index (χ2v) is 8.12. The number of nitrogens with one attached hydrogen (secondary N) is 1. The molecule has 0 spiro atoms. The maximum absolute atomic E-state index is 13.2. The van der Waals surface area contributed by atoms with Gasteiger partial charge in [-0.25, -0.2) is 4.39 Å². The van der Waals surface area contributed by atoms with Gasteiger partial charge in [0.25, 0.3) is 5.91 Å². The zero-order valence-corrected chi connectivity index (χ0v) is 17.2. The average Bonchev–Trinajstić information content (AvgIpc) is 3.60. The van der Waals surface area contributed by atoms with Crippen molar-refractivity contribution >= 4 is 11.8 Å². The van der Waals surface area contributed by atoms with Gasteiger partial charge in [-0.15, -0.1) is 0 Å². The molecule has 2 fully saturated rings. The highest BCUT2D eigenvalue weighted by molar-refractivity contribution is 5.88. The van der Waals surface area contributed by atoms with Gasteiger partial charge in [-0.05, 0) is 48.6 Å². The van der Waals surface area contributed by atoms with Crippen molar-refractivity contribution in [2.24, 2.45) is 5.92 Å². The minimum absolute atomic E-state index is 0.116. The third-order valence-corrected chi connectivity index (χ3v) is 5.80. The molecule has 158 valence electrons. The van der Waals surface area contributed by atoms with Gasteiger partial charge in [-0.3, -0.25) is 9.59 Å². The maximum atomic E-state index is 13.2. The van der Waals surface area contributed by atoms with Crippen molar-refractivity contribution in [3.05, 3.63) is 59.9 Å². The molecule has 1 atom stereocenters. The van der Waals surface area contributed by atoms with Crippen LogP contribution in [0.4, 0.5) is 4.39 Å². The first-order valence-corrected chi connectivity index (χ1v) is 10.6. The number of carbonyl (C=O) groups is 2. The lowest BCUT2D eigenvalue weighted by atomic mass is 9.90. The minimum atomic E-state index is -1.09. The fourth-order valence-corrected chi connectivity index (χ4v) is 3.99. The van der Waals surface area contributed by atoms with Crippen LogP contribution in [0.3, 0.4) is 0 Å². The molecule has 2 amide bonds. The summed E-state index contributed by atoms with van der Waals surface area (Å²) in [6.45, 7) is 3.53. The predicted octanol–water partition coefficient (Wildman–Crippen LogP) is 3.18. The molecule has 2 aromatic carbocycles. The maximum Gasteiger partial charge on any atom is 0.254 e. The second-order valence-electron chi connectivity index (χ2n) is 8.12. The Labute approximate surface area is 176 Å². The highest BCUT2D eigenvalue weighted by Gasteiger charge is 2.46. The van der Waals surface area contributed by atoms with E-state index in [2.05, 4.69) is 5.32 Å². The lowest BCUT2D eigenvalue weighted by Gasteiger charge is -2.41. The molecule has 5 nitrogen and oxygen atoms in total. The molecule has 30 heavy (non-hydrogen) atoms. The summed E-state index contributed by atoms with van der Waals surface area (Å²) in [4.78, 5) is 27.4. The van der Waals surface area contributed by atoms with E-state index in [9.17, 15) is 14.0 Å². The standard InChI is InChI=1S/C24H27FN2O3/c1-2-26-23(29)24(16-27(13-14-30-24)22(28)20-7-8-20)15-17-3-5-18(6-4-17)19-9-11-21(25)12-10-19/h3-6,9-12,20H,2,7-8,13-16H2,1H3,(H,26,29)/t24-/m0/s1. The summed E-state index contributed by atoms with van der Waals surface area (Å²) in [5.74, 6) is -0.191. The Bertz CT molecular complexity index is 909. The number of ether oxygens (including phenoxy) is 1. The van der Waals surface area contributed by atoms with Crippen LogP contribution in [0.1, 0.15) is 25.3 Å². The van der Waals surface area contributed by atoms with E-state index in [1.54, 1.807) is 17.0 Å². The second kappa shape index (κ2) is 8.56. The quantitative estimate of drug-likeness (QED) is 0.796. The third-order valence-electron chi connectivity index (χ3n) is 5.80. The van der Waals surface area contributed by atoms with E-state index >= 15 is 0 Å². The lowest BCUT2D eigenvalue weighted by molar-refractivity contribution is -0.166. The van der Waals surface area contributed by atoms with Gasteiger partial charge >= 0.3 is 0 Å². The number of likely N-dealkylation sites (N-methyl/N-ethyl adjacent to an activating group) is 1. The third kappa shape index (κ3) is 4.38. The van der Waals surface area contributed by atoms with Gasteiger partial charge < -0.3 is 15.0 Å². The molecule has 1 aliphatic heterocycles. The first-order valence-electron chi connectivity index (χ1n) is 10.6. The van der Waals surface area contributed by atoms with Gasteiger partial charge in [0, 0.05) is 25.4 Å². The molecule has 2 aliphatic rings. The Morgan fingerprint density at radius 3 is 2.33 bits per heavy atom. The smallest absolute Gasteiger partial charge is 0.254 e. The Balaban J connectivity index is 1.55. The number of carbonyl (C=O) groups excluding carboxylic acids is 2. The Morgan fingerprint density at radius 1 is 1.10 bits per heavy atom. The van der Waals surface area contributed by atoms with Crippen LogP contribution in [0.2, 0.25) is 0 Å². The molecule has 4 rings (SSSR count). The van der Waals surface area contributed by atoms with Crippen LogP contribution in [0.5, 0.6) is 0 Å². The minimum Gasteiger partial charge on any atom is -0.361 e. The summed E-state index contributed by atoms with van der Waals surface area (Å²) in [6, 6.07) is 14.2. The first-order chi connectivity index (χ1) is 14.5. The zero-order chi connectivity index (χ0) is 21.1. The SMILES string of the molecule is CCNC(=O)[C@]1(Cc2ccc(-c3ccc(F)cc3)cc2)CN(C(=O)C2CC2)CCO1. The number of morpholine rings is 1. The number of rotatable bonds is 6. The van der Waals surface area contributed by atoms with Crippen LogP contribution in [-0.4, -0.2) is 48.6 Å². The van der Waals surface area contributed by atoms with E-state index < -0.39 is 5.60 Å². The van der Waals surface area contributed by atoms with Crippen molar-refractivity contribution in [1.29, 1.82) is 0 Å². The average molecular weight is 410 g/mol. The van der Waals surface area contributed by atoms with E-state index in [0.717, 1.165) is 29.5 Å². The van der Waals surface area contributed by atoms with E-state index in [4.69, 9.17) is 4.74 Å². The van der Waals surface area contributed by atoms with Gasteiger partial charge in [-0.1, -0.05) is 36.4 Å². The summed E-state index contributed by atoms with van der Waals surface area (Å²) in [5.41, 5.74) is 1.76. The van der Waals surface area contributed by atoms with Gasteiger partial charge in [-0.2, -0.15) is 0 Å². The monoisotopic (exact) mass is 410 g/mol. The van der Waals surface area contributed by atoms with Crippen molar-refractivity contribution < 1.29 is 18.7 Å². The van der Waals surface area contributed by atoms with Crippen molar-refractivity contribution in [1.82, 2.24) is 10.2 Å². The molecule has 1 N–H and O–H groups in total. The van der Waals surface area contributed by atoms with Crippen molar-refractivity contribution in [3.8, 4) is 11.1 Å². The summed E-state index contributed by atoms with van der Waals surface area (Å²) >= 11 is 0. The number of halogens is 1. The normalized spacial score (nSPS) is 21.3. The highest BCUT2D eigenvalue weighted by atomic mass is 19.1. The Hall–Kier alpha value is -2.73. The molecule has 1 saturated carbocycles. The van der Waals surface area contributed by atoms with Crippen molar-refractivity contribution in [2.75, 3.05) is 26.2 Å². The molecule has 0 aromatic heterocycles. The summed E-state index contributed by atoms with van der Waals surface area (Å²) < 4.78 is 19.2. The summed E-state index contributed by atoms with van der Waals surface area (Å²) in [7, 11) is 0. The molecular weight excluding hydrogens is 383 g/mol. The zero-order valence-electron chi connectivity index (χ0n) is 17.2. The van der Waals surface area contributed by atoms with E-state index in [1.165, 1.54) is 12.1 Å². The van der Waals surface area contributed by atoms with Gasteiger partial charge in [0.2, 0.25) is 5.91 Å². The van der Waals surface area contributed by atoms with Gasteiger partial charge in [0.1, 0.15) is 5.82 Å². The number of amides is 2. The number of benzene rings is 2. The molecule has 0 unspecified atom stereocenters. The van der Waals surface area contributed by atoms with E-state index in [1.807, 2.05) is 31.2 Å². The fraction of sp³-hybridized carbons (Fsp3) is 0.417. The highest BCUT2D eigenvalue weighted by Crippen LogP contribution is 2.33. The Morgan fingerprint density at radius 2 is 1.73 bits per heavy atom. The van der Waals surface area contributed by atoms with Gasteiger partial charge in [0.15, 0.2) is 5.60 Å². The van der Waals surface area contributed by atoms with Crippen LogP contribution in [0.15, 0.2) is 48.5 Å². The van der Waals surface area contributed by atoms with Crippen LogP contribution >= 0.6 is 0 Å². The van der Waals surface area contributed by atoms with Crippen LogP contribution in [0.25, 0.3) is 11.1 Å². The number of nitrogens with zero attached hydrogens (tertiary/aromatic N) is 1. The molecule has 2 aromatic rings. The van der Waals surface area contributed by atoms with E-state index in [0.29, 0.717) is 26.1 Å². The van der Waals surface area contributed by atoms with E-state index in [-0.39, 0.29) is 30.1 Å². The van der Waals surface area contributed by atoms with Crippen molar-refractivity contribution in [2.45, 2.75) is 31.8 Å². The molecule has 1 saturated heterocycles. The lowest BCUT2D eigenvalue weighted by Crippen LogP contribution is -2.62. The fourth-order valence-electron chi connectivity index (χ4n) is 3.99. The molecular formula is C24H27FN2O3. The largest absolute Gasteiger partial charge is 0.361 e. The number of hydrogen-bond donors (Lipinski definition) is 1. The van der Waals surface area contributed by atoms with Crippen molar-refractivity contribution in [3.63, 3.8) is 0 Å². The van der Waals surface area contributed by atoms with Gasteiger partial charge in [0.05, 0.1) is 13.2 Å². The van der Waals surface area contributed by atoms with Crippen LogP contribution < -0.4 is 5.32 Å². The molecule has 0 radical (unpaired) electrons. The van der Waals surface area contributed by atoms with Crippen LogP contribution in [-0.2, 0) is 20.7 Å². The molecule has 0 bridgehead atoms. The molecule has 6 heteroatoms. The topological polar surface area (TPSA) is 58.6 Å². The molecule has 1 aliphatic carbocycles. The van der Waals surface area contributed by atoms with Crippen LogP contribution in [0, 0.1) is 11.7 Å². The summed E-state index contributed by atoms with van der Waals surface area (Å²) in [6.07, 6.45) is 2.27. The number of hydrogen-bond acceptors (Lipinski definition) is 3. The summed E-state index contributed by atoms with van der Waals surface area (Å²) in [5, 5.41) is 2.89. The first kappa shape index (κ1) is 20.5. The predicted molar refractivity (Wildman–Crippen MR) is 112 cm³/mol. The Kier molecular flexibility index (Phi) is 5.86.